The van der Waals surface area contributed by atoms with Gasteiger partial charge in [0.25, 0.3) is 0 Å². The summed E-state index contributed by atoms with van der Waals surface area (Å²) in [6.45, 7) is 9.99. The maximum Gasteiger partial charge on any atom is 0.191 e. The van der Waals surface area contributed by atoms with Crippen molar-refractivity contribution < 1.29 is 9.47 Å². The number of morpholine rings is 1. The van der Waals surface area contributed by atoms with Gasteiger partial charge in [0, 0.05) is 53.0 Å². The average Bonchev–Trinajstić information content (AvgIpc) is 2.69. The summed E-state index contributed by atoms with van der Waals surface area (Å²) in [5.41, 5.74) is 2.69. The van der Waals surface area contributed by atoms with E-state index < -0.39 is 0 Å². The van der Waals surface area contributed by atoms with Gasteiger partial charge >= 0.3 is 0 Å². The highest BCUT2D eigenvalue weighted by Crippen LogP contribution is 2.13. The minimum absolute atomic E-state index is 0. The number of hydrogen-bond acceptors (Lipinski definition) is 4. The first-order chi connectivity index (χ1) is 12.8. The molecular formula is C20H35IN4O2. The number of aliphatic imine (C=N–C) groups is 1. The largest absolute Gasteiger partial charge is 0.382 e. The molecular weight excluding hydrogens is 455 g/mol. The quantitative estimate of drug-likeness (QED) is 0.229. The molecule has 154 valence electrons. The SMILES string of the molecule is CCOCCCCNC(=NC)NCc1ccccc1CN1CCOCC1.I. The molecule has 0 atom stereocenters. The van der Waals surface area contributed by atoms with Crippen LogP contribution in [0.5, 0.6) is 0 Å². The van der Waals surface area contributed by atoms with Crippen LogP contribution >= 0.6 is 24.0 Å². The fourth-order valence-electron chi connectivity index (χ4n) is 2.96. The van der Waals surface area contributed by atoms with Gasteiger partial charge in [-0.3, -0.25) is 9.89 Å². The van der Waals surface area contributed by atoms with Crippen LogP contribution < -0.4 is 10.6 Å². The molecule has 1 heterocycles. The number of benzene rings is 1. The topological polar surface area (TPSA) is 58.1 Å². The van der Waals surface area contributed by atoms with Crippen molar-refractivity contribution in [3.63, 3.8) is 0 Å². The van der Waals surface area contributed by atoms with Gasteiger partial charge < -0.3 is 20.1 Å². The van der Waals surface area contributed by atoms with E-state index in [-0.39, 0.29) is 24.0 Å². The molecule has 1 saturated heterocycles. The van der Waals surface area contributed by atoms with E-state index in [1.807, 2.05) is 14.0 Å². The molecule has 1 aliphatic heterocycles. The van der Waals surface area contributed by atoms with E-state index >= 15 is 0 Å². The van der Waals surface area contributed by atoms with Crippen LogP contribution in [0.15, 0.2) is 29.3 Å². The highest BCUT2D eigenvalue weighted by molar-refractivity contribution is 14.0. The Balaban J connectivity index is 0.00000364. The molecule has 0 unspecified atom stereocenters. The molecule has 2 N–H and O–H groups in total. The van der Waals surface area contributed by atoms with E-state index in [2.05, 4.69) is 44.8 Å². The second kappa shape index (κ2) is 15.1. The second-order valence-corrected chi connectivity index (χ2v) is 6.41. The first-order valence-corrected chi connectivity index (χ1v) is 9.72. The van der Waals surface area contributed by atoms with Gasteiger partial charge in [-0.15, -0.1) is 24.0 Å². The summed E-state index contributed by atoms with van der Waals surface area (Å²) < 4.78 is 10.8. The van der Waals surface area contributed by atoms with Crippen molar-refractivity contribution in [2.75, 3.05) is 53.1 Å². The third kappa shape index (κ3) is 9.73. The van der Waals surface area contributed by atoms with Crippen LogP contribution in [0.2, 0.25) is 0 Å². The Morgan fingerprint density at radius 1 is 1.15 bits per heavy atom. The summed E-state index contributed by atoms with van der Waals surface area (Å²) >= 11 is 0. The Hall–Kier alpha value is -0.900. The zero-order valence-corrected chi connectivity index (χ0v) is 19.0. The van der Waals surface area contributed by atoms with Crippen molar-refractivity contribution in [2.24, 2.45) is 4.99 Å². The molecule has 0 bridgehead atoms. The lowest BCUT2D eigenvalue weighted by atomic mass is 10.1. The number of ether oxygens (including phenoxy) is 2. The highest BCUT2D eigenvalue weighted by atomic mass is 127. The Kier molecular flexibility index (Phi) is 13.5. The van der Waals surface area contributed by atoms with Crippen LogP contribution in [0.1, 0.15) is 30.9 Å². The van der Waals surface area contributed by atoms with E-state index in [0.29, 0.717) is 0 Å². The number of rotatable bonds is 10. The average molecular weight is 490 g/mol. The molecule has 27 heavy (non-hydrogen) atoms. The first kappa shape index (κ1) is 24.1. The molecule has 1 aromatic carbocycles. The number of guanidine groups is 1. The predicted molar refractivity (Wildman–Crippen MR) is 122 cm³/mol. The minimum atomic E-state index is 0. The van der Waals surface area contributed by atoms with E-state index in [1.54, 1.807) is 0 Å². The lowest BCUT2D eigenvalue weighted by Crippen LogP contribution is -2.38. The normalized spacial score (nSPS) is 15.3. The van der Waals surface area contributed by atoms with Crippen molar-refractivity contribution in [3.05, 3.63) is 35.4 Å². The molecule has 1 fully saturated rings. The predicted octanol–water partition coefficient (Wildman–Crippen LogP) is 2.62. The molecule has 0 spiro atoms. The summed E-state index contributed by atoms with van der Waals surface area (Å²) in [6.07, 6.45) is 2.15. The van der Waals surface area contributed by atoms with Crippen molar-refractivity contribution >= 4 is 29.9 Å². The number of halogens is 1. The third-order valence-corrected chi connectivity index (χ3v) is 4.50. The van der Waals surface area contributed by atoms with Gasteiger partial charge in [0.05, 0.1) is 13.2 Å². The van der Waals surface area contributed by atoms with Crippen LogP contribution in [0.25, 0.3) is 0 Å². The number of hydrogen-bond donors (Lipinski definition) is 2. The zero-order chi connectivity index (χ0) is 18.5. The standard InChI is InChI=1S/C20H34N4O2.HI/c1-3-25-13-7-6-10-22-20(21-2)23-16-18-8-4-5-9-19(18)17-24-11-14-26-15-12-24;/h4-5,8-9H,3,6-7,10-17H2,1-2H3,(H2,21,22,23);1H. The molecule has 0 radical (unpaired) electrons. The van der Waals surface area contributed by atoms with Gasteiger partial charge in [0.1, 0.15) is 0 Å². The van der Waals surface area contributed by atoms with E-state index in [1.165, 1.54) is 11.1 Å². The number of nitrogens with one attached hydrogen (secondary N) is 2. The molecule has 0 aliphatic carbocycles. The Morgan fingerprint density at radius 2 is 1.89 bits per heavy atom. The van der Waals surface area contributed by atoms with Crippen molar-refractivity contribution in [3.8, 4) is 0 Å². The summed E-state index contributed by atoms with van der Waals surface area (Å²) in [5, 5.41) is 6.80. The third-order valence-electron chi connectivity index (χ3n) is 4.50. The maximum atomic E-state index is 5.44. The van der Waals surface area contributed by atoms with Crippen LogP contribution in [-0.2, 0) is 22.6 Å². The summed E-state index contributed by atoms with van der Waals surface area (Å²) in [6, 6.07) is 8.63. The van der Waals surface area contributed by atoms with Crippen LogP contribution in [0, 0.1) is 0 Å². The van der Waals surface area contributed by atoms with Gasteiger partial charge in [-0.25, -0.2) is 0 Å². The lowest BCUT2D eigenvalue weighted by molar-refractivity contribution is 0.0341. The Morgan fingerprint density at radius 3 is 2.59 bits per heavy atom. The van der Waals surface area contributed by atoms with Gasteiger partial charge in [0.15, 0.2) is 5.96 Å². The molecule has 0 aromatic heterocycles. The summed E-state index contributed by atoms with van der Waals surface area (Å²) in [7, 11) is 1.81. The molecule has 1 aromatic rings. The Bertz CT molecular complexity index is 536. The van der Waals surface area contributed by atoms with Crippen molar-refractivity contribution in [1.29, 1.82) is 0 Å². The maximum absolute atomic E-state index is 5.44. The monoisotopic (exact) mass is 490 g/mol. The van der Waals surface area contributed by atoms with Gasteiger partial charge in [-0.2, -0.15) is 0 Å². The Labute approximate surface area is 181 Å². The number of nitrogens with zero attached hydrogens (tertiary/aromatic N) is 2. The molecule has 1 aliphatic rings. The molecule has 7 heteroatoms. The highest BCUT2D eigenvalue weighted by Gasteiger charge is 2.12. The minimum Gasteiger partial charge on any atom is -0.382 e. The van der Waals surface area contributed by atoms with Gasteiger partial charge in [0.2, 0.25) is 0 Å². The van der Waals surface area contributed by atoms with E-state index in [0.717, 1.165) is 78.0 Å². The van der Waals surface area contributed by atoms with Gasteiger partial charge in [-0.1, -0.05) is 24.3 Å². The van der Waals surface area contributed by atoms with Crippen LogP contribution in [0.4, 0.5) is 0 Å². The van der Waals surface area contributed by atoms with Crippen LogP contribution in [-0.4, -0.2) is 64.0 Å². The zero-order valence-electron chi connectivity index (χ0n) is 16.7. The summed E-state index contributed by atoms with van der Waals surface area (Å²) in [5.74, 6) is 0.850. The molecule has 0 amide bonds. The summed E-state index contributed by atoms with van der Waals surface area (Å²) in [4.78, 5) is 6.77. The van der Waals surface area contributed by atoms with Crippen LogP contribution in [0.3, 0.4) is 0 Å². The van der Waals surface area contributed by atoms with E-state index in [4.69, 9.17) is 9.47 Å². The lowest BCUT2D eigenvalue weighted by Gasteiger charge is -2.27. The van der Waals surface area contributed by atoms with Gasteiger partial charge in [-0.05, 0) is 30.9 Å². The van der Waals surface area contributed by atoms with Crippen molar-refractivity contribution in [2.45, 2.75) is 32.9 Å². The van der Waals surface area contributed by atoms with Crippen molar-refractivity contribution in [1.82, 2.24) is 15.5 Å². The number of unbranched alkanes of at least 4 members (excludes halogenated alkanes) is 1. The molecule has 6 nitrogen and oxygen atoms in total. The fraction of sp³-hybridized carbons (Fsp3) is 0.650. The molecule has 0 saturated carbocycles. The molecule has 2 rings (SSSR count). The second-order valence-electron chi connectivity index (χ2n) is 6.41. The first-order valence-electron chi connectivity index (χ1n) is 9.72. The van der Waals surface area contributed by atoms with E-state index in [9.17, 15) is 0 Å². The smallest absolute Gasteiger partial charge is 0.191 e. The fourth-order valence-corrected chi connectivity index (χ4v) is 2.96.